The lowest BCUT2D eigenvalue weighted by Gasteiger charge is -2.21. The fourth-order valence-corrected chi connectivity index (χ4v) is 1.83. The molecule has 0 radical (unpaired) electrons. The van der Waals surface area contributed by atoms with Crippen molar-refractivity contribution >= 4 is 21.9 Å². The van der Waals surface area contributed by atoms with Crippen molar-refractivity contribution in [2.45, 2.75) is 39.2 Å². The number of carbonyl (C=O) groups is 1. The molecule has 19 heavy (non-hydrogen) atoms. The zero-order chi connectivity index (χ0) is 14.5. The molecule has 1 atom stereocenters. The maximum absolute atomic E-state index is 11.8. The number of esters is 1. The van der Waals surface area contributed by atoms with Crippen LogP contribution in [0, 0.1) is 17.2 Å². The average Bonchev–Trinajstić information content (AvgIpc) is 2.30. The number of nitriles is 1. The van der Waals surface area contributed by atoms with Gasteiger partial charge < -0.3 is 4.74 Å². The fourth-order valence-electron chi connectivity index (χ4n) is 1.57. The van der Waals surface area contributed by atoms with E-state index in [0.29, 0.717) is 12.8 Å². The average molecular weight is 324 g/mol. The Bertz CT molecular complexity index is 468. The zero-order valence-corrected chi connectivity index (χ0v) is 13.0. The second-order valence-electron chi connectivity index (χ2n) is 5.38. The number of ether oxygens (including phenoxy) is 1. The molecule has 1 aromatic rings. The van der Waals surface area contributed by atoms with Gasteiger partial charge in [-0.25, -0.2) is 0 Å². The van der Waals surface area contributed by atoms with Crippen LogP contribution in [0.25, 0.3) is 0 Å². The highest BCUT2D eigenvalue weighted by Crippen LogP contribution is 2.17. The van der Waals surface area contributed by atoms with Crippen LogP contribution >= 0.6 is 15.9 Å². The van der Waals surface area contributed by atoms with Crippen LogP contribution in [-0.4, -0.2) is 11.6 Å². The first kappa shape index (κ1) is 15.7. The molecule has 0 aliphatic carbocycles. The van der Waals surface area contributed by atoms with Crippen molar-refractivity contribution in [1.29, 1.82) is 5.26 Å². The Kier molecular flexibility index (Phi) is 5.56. The van der Waals surface area contributed by atoms with E-state index in [-0.39, 0.29) is 0 Å². The number of carbonyl (C=O) groups excluding carboxylic acids is 1. The lowest BCUT2D eigenvalue weighted by molar-refractivity contribution is -0.158. The number of hydrogen-bond donors (Lipinski definition) is 0. The summed E-state index contributed by atoms with van der Waals surface area (Å²) in [6, 6.07) is 9.88. The first-order valence-corrected chi connectivity index (χ1v) is 6.98. The van der Waals surface area contributed by atoms with Gasteiger partial charge >= 0.3 is 5.97 Å². The van der Waals surface area contributed by atoms with Crippen molar-refractivity contribution in [2.24, 2.45) is 5.92 Å². The number of aryl methyl sites for hydroxylation is 1. The zero-order valence-electron chi connectivity index (χ0n) is 11.4. The van der Waals surface area contributed by atoms with Gasteiger partial charge in [-0.1, -0.05) is 28.1 Å². The molecule has 0 heterocycles. The van der Waals surface area contributed by atoms with Crippen LogP contribution in [0.3, 0.4) is 0 Å². The predicted octanol–water partition coefficient (Wildman–Crippen LogP) is 3.86. The van der Waals surface area contributed by atoms with E-state index >= 15 is 0 Å². The van der Waals surface area contributed by atoms with E-state index in [1.807, 2.05) is 30.3 Å². The summed E-state index contributed by atoms with van der Waals surface area (Å²) in [5.74, 6) is -1.14. The maximum atomic E-state index is 11.8. The van der Waals surface area contributed by atoms with E-state index in [2.05, 4.69) is 15.9 Å². The molecule has 0 bridgehead atoms. The monoisotopic (exact) mass is 323 g/mol. The first-order chi connectivity index (χ1) is 8.81. The summed E-state index contributed by atoms with van der Waals surface area (Å²) in [4.78, 5) is 11.8. The van der Waals surface area contributed by atoms with E-state index in [1.165, 1.54) is 0 Å². The Morgan fingerprint density at radius 1 is 1.37 bits per heavy atom. The van der Waals surface area contributed by atoms with Gasteiger partial charge in [-0.15, -0.1) is 0 Å². The summed E-state index contributed by atoms with van der Waals surface area (Å²) >= 11 is 3.37. The third-order valence-corrected chi connectivity index (χ3v) is 3.01. The van der Waals surface area contributed by atoms with Crippen LogP contribution in [0.4, 0.5) is 0 Å². The van der Waals surface area contributed by atoms with Crippen molar-refractivity contribution in [3.8, 4) is 6.07 Å². The summed E-state index contributed by atoms with van der Waals surface area (Å²) in [6.07, 6.45) is 1.16. The van der Waals surface area contributed by atoms with Gasteiger partial charge in [-0.2, -0.15) is 5.26 Å². The van der Waals surface area contributed by atoms with Crippen LogP contribution < -0.4 is 0 Å². The van der Waals surface area contributed by atoms with Gasteiger partial charge in [0.1, 0.15) is 11.5 Å². The molecule has 0 aromatic heterocycles. The molecule has 0 spiro atoms. The Balaban J connectivity index is 2.56. The lowest BCUT2D eigenvalue weighted by atomic mass is 10.0. The number of halogens is 1. The standard InChI is InChI=1S/C15H18BrNO2/c1-15(2,3)19-14(18)12(10-17)7-4-11-5-8-13(16)9-6-11/h5-6,8-9,12H,4,7H2,1-3H3. The quantitative estimate of drug-likeness (QED) is 0.790. The highest BCUT2D eigenvalue weighted by molar-refractivity contribution is 9.10. The van der Waals surface area contributed by atoms with Gasteiger partial charge in [0.05, 0.1) is 6.07 Å². The van der Waals surface area contributed by atoms with Crippen LogP contribution in [-0.2, 0) is 16.0 Å². The Morgan fingerprint density at radius 3 is 2.42 bits per heavy atom. The third kappa shape index (κ3) is 5.89. The lowest BCUT2D eigenvalue weighted by Crippen LogP contribution is -2.28. The molecule has 0 aliphatic rings. The second-order valence-corrected chi connectivity index (χ2v) is 6.30. The van der Waals surface area contributed by atoms with E-state index in [9.17, 15) is 4.79 Å². The predicted molar refractivity (Wildman–Crippen MR) is 77.4 cm³/mol. The number of benzene rings is 1. The molecule has 0 fully saturated rings. The minimum atomic E-state index is -0.706. The molecular weight excluding hydrogens is 306 g/mol. The van der Waals surface area contributed by atoms with Crippen molar-refractivity contribution in [2.75, 3.05) is 0 Å². The number of hydrogen-bond acceptors (Lipinski definition) is 3. The largest absolute Gasteiger partial charge is 0.459 e. The van der Waals surface area contributed by atoms with Gasteiger partial charge in [0.2, 0.25) is 0 Å². The topological polar surface area (TPSA) is 50.1 Å². The van der Waals surface area contributed by atoms with Crippen molar-refractivity contribution in [3.05, 3.63) is 34.3 Å². The third-order valence-electron chi connectivity index (χ3n) is 2.48. The molecule has 102 valence electrons. The van der Waals surface area contributed by atoms with Gasteiger partial charge in [0, 0.05) is 4.47 Å². The first-order valence-electron chi connectivity index (χ1n) is 6.19. The van der Waals surface area contributed by atoms with E-state index in [4.69, 9.17) is 10.00 Å². The van der Waals surface area contributed by atoms with Crippen LogP contribution in [0.1, 0.15) is 32.8 Å². The van der Waals surface area contributed by atoms with Crippen LogP contribution in [0.5, 0.6) is 0 Å². The number of rotatable bonds is 4. The summed E-state index contributed by atoms with van der Waals surface area (Å²) in [5.41, 5.74) is 0.552. The highest BCUT2D eigenvalue weighted by atomic mass is 79.9. The fraction of sp³-hybridized carbons (Fsp3) is 0.467. The molecule has 0 saturated heterocycles. The second kappa shape index (κ2) is 6.72. The molecule has 4 heteroatoms. The maximum Gasteiger partial charge on any atom is 0.323 e. The molecule has 0 amide bonds. The van der Waals surface area contributed by atoms with Gasteiger partial charge in [-0.3, -0.25) is 4.79 Å². The SMILES string of the molecule is CC(C)(C)OC(=O)C(C#N)CCc1ccc(Br)cc1. The molecular formula is C15H18BrNO2. The van der Waals surface area contributed by atoms with Gasteiger partial charge in [0.25, 0.3) is 0 Å². The molecule has 3 nitrogen and oxygen atoms in total. The summed E-state index contributed by atoms with van der Waals surface area (Å²) in [7, 11) is 0. The minimum Gasteiger partial charge on any atom is -0.459 e. The Labute approximate surface area is 122 Å². The normalized spacial score (nSPS) is 12.6. The van der Waals surface area contributed by atoms with Crippen molar-refractivity contribution < 1.29 is 9.53 Å². The van der Waals surface area contributed by atoms with E-state index in [1.54, 1.807) is 20.8 Å². The Morgan fingerprint density at radius 2 is 1.95 bits per heavy atom. The summed E-state index contributed by atoms with van der Waals surface area (Å²) in [6.45, 7) is 5.40. The molecule has 0 saturated carbocycles. The summed E-state index contributed by atoms with van der Waals surface area (Å²) < 4.78 is 6.24. The smallest absolute Gasteiger partial charge is 0.323 e. The molecule has 1 rings (SSSR count). The molecule has 0 aliphatic heterocycles. The molecule has 1 aromatic carbocycles. The van der Waals surface area contributed by atoms with Crippen LogP contribution in [0.15, 0.2) is 28.7 Å². The highest BCUT2D eigenvalue weighted by Gasteiger charge is 2.24. The minimum absolute atomic E-state index is 0.438. The van der Waals surface area contributed by atoms with E-state index in [0.717, 1.165) is 10.0 Å². The summed E-state index contributed by atoms with van der Waals surface area (Å²) in [5, 5.41) is 9.06. The van der Waals surface area contributed by atoms with Gasteiger partial charge in [-0.05, 0) is 51.3 Å². The number of nitrogens with zero attached hydrogens (tertiary/aromatic N) is 1. The van der Waals surface area contributed by atoms with Crippen molar-refractivity contribution in [1.82, 2.24) is 0 Å². The van der Waals surface area contributed by atoms with Gasteiger partial charge in [0.15, 0.2) is 0 Å². The Hall–Kier alpha value is -1.34. The molecule has 0 N–H and O–H groups in total. The van der Waals surface area contributed by atoms with Crippen LogP contribution in [0.2, 0.25) is 0 Å². The van der Waals surface area contributed by atoms with E-state index < -0.39 is 17.5 Å². The molecule has 1 unspecified atom stereocenters. The van der Waals surface area contributed by atoms with Crippen molar-refractivity contribution in [3.63, 3.8) is 0 Å².